The highest BCUT2D eigenvalue weighted by Gasteiger charge is 2.12. The van der Waals surface area contributed by atoms with Crippen LogP contribution in [0.5, 0.6) is 5.75 Å². The normalized spacial score (nSPS) is 10.5. The SMILES string of the molecule is CCCCOc1ccc(C(=O)Nc2nnc(SCC(=O)NCc3ccccc3)s2)cc1. The van der Waals surface area contributed by atoms with Gasteiger partial charge in [0, 0.05) is 12.1 Å². The standard InChI is InChI=1S/C22H24N4O3S2/c1-2-3-13-29-18-11-9-17(10-12-18)20(28)24-21-25-26-22(31-21)30-15-19(27)23-14-16-7-5-4-6-8-16/h4-12H,2-3,13-15H2,1H3,(H,23,27)(H,24,25,28). The summed E-state index contributed by atoms with van der Waals surface area (Å²) in [6, 6.07) is 16.7. The Bertz CT molecular complexity index is 978. The van der Waals surface area contributed by atoms with Gasteiger partial charge in [-0.1, -0.05) is 66.8 Å². The van der Waals surface area contributed by atoms with Crippen LogP contribution in [-0.2, 0) is 11.3 Å². The van der Waals surface area contributed by atoms with Crippen molar-refractivity contribution in [3.8, 4) is 5.75 Å². The van der Waals surface area contributed by atoms with E-state index < -0.39 is 0 Å². The maximum absolute atomic E-state index is 12.4. The van der Waals surface area contributed by atoms with Crippen molar-refractivity contribution in [1.82, 2.24) is 15.5 Å². The van der Waals surface area contributed by atoms with E-state index in [-0.39, 0.29) is 17.6 Å². The summed E-state index contributed by atoms with van der Waals surface area (Å²) in [6.07, 6.45) is 2.06. The number of carbonyl (C=O) groups is 2. The number of nitrogens with one attached hydrogen (secondary N) is 2. The molecule has 0 aliphatic rings. The highest BCUT2D eigenvalue weighted by Crippen LogP contribution is 2.25. The maximum atomic E-state index is 12.4. The summed E-state index contributed by atoms with van der Waals surface area (Å²) in [5.41, 5.74) is 1.55. The lowest BCUT2D eigenvalue weighted by molar-refractivity contribution is -0.118. The summed E-state index contributed by atoms with van der Waals surface area (Å²) in [6.45, 7) is 3.26. The number of nitrogens with zero attached hydrogens (tertiary/aromatic N) is 2. The van der Waals surface area contributed by atoms with Crippen LogP contribution in [0.2, 0.25) is 0 Å². The van der Waals surface area contributed by atoms with Crippen LogP contribution in [0.3, 0.4) is 0 Å². The van der Waals surface area contributed by atoms with Crippen molar-refractivity contribution in [2.75, 3.05) is 17.7 Å². The zero-order chi connectivity index (χ0) is 21.9. The highest BCUT2D eigenvalue weighted by atomic mass is 32.2. The molecule has 2 N–H and O–H groups in total. The lowest BCUT2D eigenvalue weighted by Crippen LogP contribution is -2.24. The molecule has 1 aromatic heterocycles. The third kappa shape index (κ3) is 7.69. The van der Waals surface area contributed by atoms with Gasteiger partial charge in [0.05, 0.1) is 12.4 Å². The molecule has 7 nitrogen and oxygen atoms in total. The van der Waals surface area contributed by atoms with Gasteiger partial charge in [0.15, 0.2) is 4.34 Å². The smallest absolute Gasteiger partial charge is 0.257 e. The monoisotopic (exact) mass is 456 g/mol. The van der Waals surface area contributed by atoms with Gasteiger partial charge in [-0.2, -0.15) is 0 Å². The van der Waals surface area contributed by atoms with Gasteiger partial charge < -0.3 is 10.1 Å². The molecule has 9 heteroatoms. The van der Waals surface area contributed by atoms with E-state index in [1.54, 1.807) is 24.3 Å². The van der Waals surface area contributed by atoms with Crippen molar-refractivity contribution < 1.29 is 14.3 Å². The van der Waals surface area contributed by atoms with Crippen LogP contribution in [0.1, 0.15) is 35.7 Å². The topological polar surface area (TPSA) is 93.2 Å². The van der Waals surface area contributed by atoms with Crippen LogP contribution in [0, 0.1) is 0 Å². The number of hydrogen-bond donors (Lipinski definition) is 2. The molecule has 2 amide bonds. The van der Waals surface area contributed by atoms with Gasteiger partial charge in [0.1, 0.15) is 5.75 Å². The van der Waals surface area contributed by atoms with Crippen molar-refractivity contribution in [1.29, 1.82) is 0 Å². The fourth-order valence-electron chi connectivity index (χ4n) is 2.50. The summed E-state index contributed by atoms with van der Waals surface area (Å²) >= 11 is 2.52. The molecule has 0 aliphatic carbocycles. The number of hydrogen-bond acceptors (Lipinski definition) is 7. The fourth-order valence-corrected chi connectivity index (χ4v) is 4.08. The molecule has 2 aromatic carbocycles. The maximum Gasteiger partial charge on any atom is 0.257 e. The third-order valence-electron chi connectivity index (χ3n) is 4.17. The minimum Gasteiger partial charge on any atom is -0.494 e. The number of thioether (sulfide) groups is 1. The summed E-state index contributed by atoms with van der Waals surface area (Å²) in [5.74, 6) is 0.615. The lowest BCUT2D eigenvalue weighted by Gasteiger charge is -2.06. The Kier molecular flexibility index (Phi) is 8.86. The molecule has 0 bridgehead atoms. The molecule has 0 unspecified atom stereocenters. The van der Waals surface area contributed by atoms with Gasteiger partial charge in [-0.3, -0.25) is 14.9 Å². The molecule has 0 aliphatic heterocycles. The molecular formula is C22H24N4O3S2. The Morgan fingerprint density at radius 3 is 2.58 bits per heavy atom. The van der Waals surface area contributed by atoms with Crippen molar-refractivity contribution in [2.45, 2.75) is 30.6 Å². The number of aromatic nitrogens is 2. The van der Waals surface area contributed by atoms with E-state index in [4.69, 9.17) is 4.74 Å². The Hall–Kier alpha value is -2.91. The number of anilines is 1. The largest absolute Gasteiger partial charge is 0.494 e. The fraction of sp³-hybridized carbons (Fsp3) is 0.273. The van der Waals surface area contributed by atoms with E-state index in [0.29, 0.717) is 28.2 Å². The summed E-state index contributed by atoms with van der Waals surface area (Å²) in [4.78, 5) is 24.4. The van der Waals surface area contributed by atoms with Crippen molar-refractivity contribution in [3.05, 3.63) is 65.7 Å². The zero-order valence-corrected chi connectivity index (χ0v) is 18.8. The predicted octanol–water partition coefficient (Wildman–Crippen LogP) is 4.38. The third-order valence-corrected chi connectivity index (χ3v) is 6.14. The number of unbranched alkanes of at least 4 members (excludes halogenated alkanes) is 1. The van der Waals surface area contributed by atoms with Gasteiger partial charge in [0.2, 0.25) is 11.0 Å². The summed E-state index contributed by atoms with van der Waals surface area (Å²) < 4.78 is 6.22. The Morgan fingerprint density at radius 2 is 1.84 bits per heavy atom. The molecule has 0 fully saturated rings. The van der Waals surface area contributed by atoms with Crippen molar-refractivity contribution >= 4 is 40.0 Å². The summed E-state index contributed by atoms with van der Waals surface area (Å²) in [5, 5.41) is 14.0. The predicted molar refractivity (Wildman–Crippen MR) is 124 cm³/mol. The second-order valence-electron chi connectivity index (χ2n) is 6.60. The first-order valence-electron chi connectivity index (χ1n) is 9.95. The molecule has 3 aromatic rings. The number of carbonyl (C=O) groups excluding carboxylic acids is 2. The molecule has 31 heavy (non-hydrogen) atoms. The first-order chi connectivity index (χ1) is 15.1. The average molecular weight is 457 g/mol. The molecule has 0 radical (unpaired) electrons. The van der Waals surface area contributed by atoms with Crippen molar-refractivity contribution in [2.24, 2.45) is 0 Å². The minimum atomic E-state index is -0.270. The van der Waals surface area contributed by atoms with Gasteiger partial charge >= 0.3 is 0 Å². The van der Waals surface area contributed by atoms with E-state index >= 15 is 0 Å². The van der Waals surface area contributed by atoms with E-state index in [2.05, 4.69) is 27.8 Å². The average Bonchev–Trinajstić information content (AvgIpc) is 3.25. The Balaban J connectivity index is 1.42. The second-order valence-corrected chi connectivity index (χ2v) is 8.80. The molecule has 3 rings (SSSR count). The molecular weight excluding hydrogens is 432 g/mol. The summed E-state index contributed by atoms with van der Waals surface area (Å²) in [7, 11) is 0. The number of amides is 2. The van der Waals surface area contributed by atoms with Gasteiger partial charge in [0.25, 0.3) is 5.91 Å². The van der Waals surface area contributed by atoms with Gasteiger partial charge in [-0.25, -0.2) is 0 Å². The van der Waals surface area contributed by atoms with Crippen LogP contribution >= 0.6 is 23.1 Å². The first kappa shape index (κ1) is 22.8. The lowest BCUT2D eigenvalue weighted by atomic mass is 10.2. The molecule has 0 saturated carbocycles. The highest BCUT2D eigenvalue weighted by molar-refractivity contribution is 8.01. The van der Waals surface area contributed by atoms with E-state index in [1.807, 2.05) is 30.3 Å². The molecule has 0 saturated heterocycles. The molecule has 0 atom stereocenters. The molecule has 162 valence electrons. The quantitative estimate of drug-likeness (QED) is 0.253. The van der Waals surface area contributed by atoms with Crippen LogP contribution < -0.4 is 15.4 Å². The first-order valence-corrected chi connectivity index (χ1v) is 11.8. The van der Waals surface area contributed by atoms with Crippen LogP contribution in [0.25, 0.3) is 0 Å². The van der Waals surface area contributed by atoms with Crippen LogP contribution in [0.4, 0.5) is 5.13 Å². The van der Waals surface area contributed by atoms with Crippen LogP contribution in [-0.4, -0.2) is 34.4 Å². The molecule has 1 heterocycles. The Morgan fingerprint density at radius 1 is 1.06 bits per heavy atom. The van der Waals surface area contributed by atoms with E-state index in [9.17, 15) is 9.59 Å². The van der Waals surface area contributed by atoms with Gasteiger partial charge in [-0.15, -0.1) is 10.2 Å². The zero-order valence-electron chi connectivity index (χ0n) is 17.2. The van der Waals surface area contributed by atoms with E-state index in [0.717, 1.165) is 24.2 Å². The minimum absolute atomic E-state index is 0.0871. The van der Waals surface area contributed by atoms with Crippen LogP contribution in [0.15, 0.2) is 58.9 Å². The molecule has 0 spiro atoms. The number of rotatable bonds is 11. The van der Waals surface area contributed by atoms with E-state index in [1.165, 1.54) is 23.1 Å². The van der Waals surface area contributed by atoms with Crippen molar-refractivity contribution in [3.63, 3.8) is 0 Å². The Labute approximate surface area is 189 Å². The number of benzene rings is 2. The van der Waals surface area contributed by atoms with Gasteiger partial charge in [-0.05, 0) is 36.2 Å². The number of ether oxygens (including phenoxy) is 1. The second kappa shape index (κ2) is 12.1.